The molecule has 0 spiro atoms. The van der Waals surface area contributed by atoms with E-state index in [1.807, 2.05) is 25.1 Å². The number of aryl methyl sites for hydroxylation is 1. The van der Waals surface area contributed by atoms with Crippen LogP contribution in [-0.2, 0) is 16.6 Å². The van der Waals surface area contributed by atoms with E-state index in [1.165, 1.54) is 9.13 Å². The van der Waals surface area contributed by atoms with Crippen molar-refractivity contribution in [1.82, 2.24) is 14.5 Å². The van der Waals surface area contributed by atoms with Crippen molar-refractivity contribution in [3.05, 3.63) is 40.8 Å². The van der Waals surface area contributed by atoms with Gasteiger partial charge in [0.15, 0.2) is 0 Å². The number of carbonyl (C=O) groups excluding carboxylic acids is 2. The number of rotatable bonds is 2. The summed E-state index contributed by atoms with van der Waals surface area (Å²) in [5, 5.41) is 2.30. The lowest BCUT2D eigenvalue weighted by atomic mass is 10.1. The molecule has 1 saturated heterocycles. The van der Waals surface area contributed by atoms with E-state index in [-0.39, 0.29) is 18.0 Å². The Morgan fingerprint density at radius 1 is 1.27 bits per heavy atom. The average Bonchev–Trinajstić information content (AvgIpc) is 2.71. The van der Waals surface area contributed by atoms with Gasteiger partial charge in [0.1, 0.15) is 6.04 Å². The van der Waals surface area contributed by atoms with E-state index in [0.717, 1.165) is 16.7 Å². The maximum absolute atomic E-state index is 12.5. The topological polar surface area (TPSA) is 73.1 Å². The highest BCUT2D eigenvalue weighted by Gasteiger charge is 2.31. The summed E-state index contributed by atoms with van der Waals surface area (Å²) in [5.74, 6) is -0.714. The molecule has 1 aliphatic rings. The molecule has 0 radical (unpaired) electrons. The van der Waals surface area contributed by atoms with E-state index in [4.69, 9.17) is 0 Å². The van der Waals surface area contributed by atoms with Crippen LogP contribution in [0.5, 0.6) is 0 Å². The second kappa shape index (κ2) is 4.98. The molecule has 6 heteroatoms. The van der Waals surface area contributed by atoms with Crippen molar-refractivity contribution < 1.29 is 9.59 Å². The highest BCUT2D eigenvalue weighted by atomic mass is 16.2. The number of imide groups is 1. The van der Waals surface area contributed by atoms with Crippen LogP contribution in [0.3, 0.4) is 0 Å². The number of nitrogens with one attached hydrogen (secondary N) is 1. The molecule has 1 N–H and O–H groups in total. The van der Waals surface area contributed by atoms with Crippen molar-refractivity contribution >= 4 is 28.4 Å². The molecule has 1 aromatic heterocycles. The average molecular weight is 299 g/mol. The molecule has 0 unspecified atom stereocenters. The van der Waals surface area contributed by atoms with Gasteiger partial charge in [0, 0.05) is 13.5 Å². The van der Waals surface area contributed by atoms with Gasteiger partial charge in [0.05, 0.1) is 11.0 Å². The zero-order valence-corrected chi connectivity index (χ0v) is 12.5. The van der Waals surface area contributed by atoms with Crippen molar-refractivity contribution in [3.8, 4) is 0 Å². The summed E-state index contributed by atoms with van der Waals surface area (Å²) >= 11 is 0. The lowest BCUT2D eigenvalue weighted by Crippen LogP contribution is -2.44. The Kier molecular flexibility index (Phi) is 3.24. The molecule has 1 aromatic carbocycles. The number of benzene rings is 1. The van der Waals surface area contributed by atoms with Crippen LogP contribution in [0, 0.1) is 0 Å². The van der Waals surface area contributed by atoms with Crippen LogP contribution in [0.25, 0.3) is 16.6 Å². The van der Waals surface area contributed by atoms with Crippen molar-refractivity contribution in [1.29, 1.82) is 0 Å². The SMILES string of the molecule is C=C(C)c1ccc2c(c1)n(C)c(=O)n2[C@H]1CCC(=O)NC1=O. The van der Waals surface area contributed by atoms with Crippen LogP contribution in [0.4, 0.5) is 0 Å². The van der Waals surface area contributed by atoms with E-state index in [0.29, 0.717) is 11.9 Å². The first-order valence-electron chi connectivity index (χ1n) is 7.10. The van der Waals surface area contributed by atoms with E-state index < -0.39 is 11.9 Å². The summed E-state index contributed by atoms with van der Waals surface area (Å²) in [7, 11) is 1.68. The fourth-order valence-electron chi connectivity index (χ4n) is 2.86. The predicted molar refractivity (Wildman–Crippen MR) is 83.3 cm³/mol. The molecule has 3 rings (SSSR count). The maximum atomic E-state index is 12.5. The van der Waals surface area contributed by atoms with E-state index in [1.54, 1.807) is 7.05 Å². The Labute approximate surface area is 127 Å². The van der Waals surface area contributed by atoms with Crippen molar-refractivity contribution in [3.63, 3.8) is 0 Å². The van der Waals surface area contributed by atoms with Crippen LogP contribution in [0.2, 0.25) is 0 Å². The molecule has 1 aliphatic heterocycles. The van der Waals surface area contributed by atoms with Gasteiger partial charge in [-0.1, -0.05) is 18.2 Å². The lowest BCUT2D eigenvalue weighted by molar-refractivity contribution is -0.135. The Hall–Kier alpha value is -2.63. The number of amides is 2. The van der Waals surface area contributed by atoms with Gasteiger partial charge >= 0.3 is 5.69 Å². The number of piperidine rings is 1. The molecule has 0 saturated carbocycles. The van der Waals surface area contributed by atoms with Crippen LogP contribution in [0.1, 0.15) is 31.4 Å². The van der Waals surface area contributed by atoms with E-state index >= 15 is 0 Å². The number of aromatic nitrogens is 2. The Morgan fingerprint density at radius 3 is 2.64 bits per heavy atom. The number of imidazole rings is 1. The lowest BCUT2D eigenvalue weighted by Gasteiger charge is -2.21. The molecule has 0 aliphatic carbocycles. The quantitative estimate of drug-likeness (QED) is 0.851. The van der Waals surface area contributed by atoms with Crippen molar-refractivity contribution in [2.75, 3.05) is 0 Å². The Balaban J connectivity index is 2.20. The molecule has 22 heavy (non-hydrogen) atoms. The number of carbonyl (C=O) groups is 2. The predicted octanol–water partition coefficient (Wildman–Crippen LogP) is 1.35. The molecule has 1 fully saturated rings. The van der Waals surface area contributed by atoms with E-state index in [2.05, 4.69) is 11.9 Å². The molecule has 2 aromatic rings. The van der Waals surface area contributed by atoms with Crippen LogP contribution in [0.15, 0.2) is 29.6 Å². The fraction of sp³-hybridized carbons (Fsp3) is 0.312. The van der Waals surface area contributed by atoms with E-state index in [9.17, 15) is 14.4 Å². The summed E-state index contributed by atoms with van der Waals surface area (Å²) in [6, 6.07) is 4.95. The molecular weight excluding hydrogens is 282 g/mol. The monoisotopic (exact) mass is 299 g/mol. The van der Waals surface area contributed by atoms with Crippen molar-refractivity contribution in [2.45, 2.75) is 25.8 Å². The smallest absolute Gasteiger partial charge is 0.295 e. The highest BCUT2D eigenvalue weighted by molar-refractivity contribution is 6.00. The first-order chi connectivity index (χ1) is 10.4. The minimum atomic E-state index is -0.649. The molecule has 2 heterocycles. The standard InChI is InChI=1S/C16H17N3O3/c1-9(2)10-4-5-11-13(8-10)18(3)16(22)19(11)12-6-7-14(20)17-15(12)21/h4-5,8,12H,1,6-7H2,2-3H3,(H,17,20,21)/t12-/m0/s1. The van der Waals surface area contributed by atoms with Crippen LogP contribution < -0.4 is 11.0 Å². The van der Waals surface area contributed by atoms with Gasteiger partial charge in [-0.05, 0) is 31.0 Å². The number of allylic oxidation sites excluding steroid dienone is 1. The van der Waals surface area contributed by atoms with Gasteiger partial charge in [0.2, 0.25) is 11.8 Å². The number of hydrogen-bond donors (Lipinski definition) is 1. The largest absolute Gasteiger partial charge is 0.329 e. The number of fused-ring (bicyclic) bond motifs is 1. The minimum Gasteiger partial charge on any atom is -0.295 e. The Bertz CT molecular complexity index is 873. The molecule has 0 bridgehead atoms. The highest BCUT2D eigenvalue weighted by Crippen LogP contribution is 2.25. The Morgan fingerprint density at radius 2 is 2.00 bits per heavy atom. The third-order valence-corrected chi connectivity index (χ3v) is 4.10. The van der Waals surface area contributed by atoms with Gasteiger partial charge in [-0.3, -0.25) is 24.0 Å². The second-order valence-electron chi connectivity index (χ2n) is 5.66. The first kappa shape index (κ1) is 14.3. The summed E-state index contributed by atoms with van der Waals surface area (Å²) in [4.78, 5) is 35.9. The van der Waals surface area contributed by atoms with Gasteiger partial charge in [-0.2, -0.15) is 0 Å². The number of hydrogen-bond acceptors (Lipinski definition) is 3. The van der Waals surface area contributed by atoms with Gasteiger partial charge in [0.25, 0.3) is 0 Å². The summed E-state index contributed by atoms with van der Waals surface area (Å²) in [6.45, 7) is 5.80. The number of nitrogens with zero attached hydrogens (tertiary/aromatic N) is 2. The molecule has 2 amide bonds. The third-order valence-electron chi connectivity index (χ3n) is 4.10. The zero-order valence-electron chi connectivity index (χ0n) is 12.5. The van der Waals surface area contributed by atoms with Gasteiger partial charge < -0.3 is 0 Å². The van der Waals surface area contributed by atoms with Gasteiger partial charge in [-0.25, -0.2) is 4.79 Å². The summed E-state index contributed by atoms with van der Waals surface area (Å²) < 4.78 is 2.99. The van der Waals surface area contributed by atoms with Crippen molar-refractivity contribution in [2.24, 2.45) is 7.05 Å². The minimum absolute atomic E-state index is 0.239. The summed E-state index contributed by atoms with van der Waals surface area (Å²) in [5.41, 5.74) is 3.03. The molecule has 6 nitrogen and oxygen atoms in total. The van der Waals surface area contributed by atoms with Gasteiger partial charge in [-0.15, -0.1) is 0 Å². The summed E-state index contributed by atoms with van der Waals surface area (Å²) in [6.07, 6.45) is 0.578. The fourth-order valence-corrected chi connectivity index (χ4v) is 2.86. The third kappa shape index (κ3) is 2.07. The molecule has 114 valence electrons. The zero-order chi connectivity index (χ0) is 16.0. The maximum Gasteiger partial charge on any atom is 0.329 e. The molecular formula is C16H17N3O3. The first-order valence-corrected chi connectivity index (χ1v) is 7.10. The van der Waals surface area contributed by atoms with Crippen LogP contribution in [-0.4, -0.2) is 20.9 Å². The normalized spacial score (nSPS) is 18.5. The molecule has 1 atom stereocenters. The second-order valence-corrected chi connectivity index (χ2v) is 5.66. The van der Waals surface area contributed by atoms with Crippen LogP contribution >= 0.6 is 0 Å².